The summed E-state index contributed by atoms with van der Waals surface area (Å²) >= 11 is 0. The van der Waals surface area contributed by atoms with Crippen molar-refractivity contribution in [2.45, 2.75) is 60.3 Å². The molecule has 2 aromatic carbocycles. The molecule has 2 saturated carbocycles. The van der Waals surface area contributed by atoms with Gasteiger partial charge in [-0.15, -0.1) is 0 Å². The smallest absolute Gasteiger partial charge is 0.423 e. The molecular formula is C31H41N5O8. The van der Waals surface area contributed by atoms with Gasteiger partial charge in [-0.1, -0.05) is 27.7 Å². The van der Waals surface area contributed by atoms with Crippen LogP contribution in [0.4, 0.5) is 28.4 Å². The molecule has 2 aromatic rings. The highest BCUT2D eigenvalue weighted by Crippen LogP contribution is 2.54. The maximum Gasteiger partial charge on any atom is 0.423 e. The molecule has 238 valence electrons. The number of ether oxygens (including phenoxy) is 4. The van der Waals surface area contributed by atoms with Crippen molar-refractivity contribution in [3.63, 3.8) is 0 Å². The fourth-order valence-corrected chi connectivity index (χ4v) is 5.33. The Morgan fingerprint density at radius 2 is 1.07 bits per heavy atom. The first kappa shape index (κ1) is 32.2. The van der Waals surface area contributed by atoms with E-state index in [0.717, 1.165) is 12.8 Å². The minimum absolute atomic E-state index is 0.0395. The minimum Gasteiger partial charge on any atom is -0.462 e. The number of aryl methyl sites for hydroxylation is 1. The molecule has 2 aliphatic carbocycles. The highest BCUT2D eigenvalue weighted by molar-refractivity contribution is 6.31. The molecule has 2 fully saturated rings. The molecule has 2 unspecified atom stereocenters. The number of esters is 4. The quantitative estimate of drug-likeness (QED) is 0.112. The maximum atomic E-state index is 13.0. The predicted molar refractivity (Wildman–Crippen MR) is 165 cm³/mol. The van der Waals surface area contributed by atoms with Crippen molar-refractivity contribution in [3.8, 4) is 11.5 Å². The van der Waals surface area contributed by atoms with Crippen molar-refractivity contribution in [2.24, 2.45) is 22.7 Å². The zero-order chi connectivity index (χ0) is 32.7. The van der Waals surface area contributed by atoms with Crippen molar-refractivity contribution in [2.75, 3.05) is 41.9 Å². The van der Waals surface area contributed by atoms with Gasteiger partial charge >= 0.3 is 23.9 Å². The third-order valence-electron chi connectivity index (χ3n) is 8.73. The SMILES string of the molecule is Cc1cc(N)c(OC(=O)C(=O)Oc2c(N)cc(N)c(N)c2C(=O)OCCC2CC2(C)C)c(C(=O)OCCC2CC2(C)C)c1N. The Kier molecular flexibility index (Phi) is 8.63. The van der Waals surface area contributed by atoms with Gasteiger partial charge in [-0.05, 0) is 73.0 Å². The fourth-order valence-electron chi connectivity index (χ4n) is 5.33. The monoisotopic (exact) mass is 611 g/mol. The van der Waals surface area contributed by atoms with E-state index in [-0.39, 0.29) is 58.0 Å². The van der Waals surface area contributed by atoms with Crippen molar-refractivity contribution >= 4 is 52.3 Å². The first-order valence-corrected chi connectivity index (χ1v) is 14.4. The number of nitrogens with two attached hydrogens (primary N) is 5. The van der Waals surface area contributed by atoms with E-state index in [2.05, 4.69) is 27.7 Å². The Morgan fingerprint density at radius 3 is 1.48 bits per heavy atom. The molecule has 44 heavy (non-hydrogen) atoms. The van der Waals surface area contributed by atoms with E-state index in [1.165, 1.54) is 12.1 Å². The van der Waals surface area contributed by atoms with Crippen LogP contribution in [0, 0.1) is 29.6 Å². The summed E-state index contributed by atoms with van der Waals surface area (Å²) in [5.41, 5.74) is 29.4. The van der Waals surface area contributed by atoms with Gasteiger partial charge in [0, 0.05) is 0 Å². The summed E-state index contributed by atoms with van der Waals surface area (Å²) < 4.78 is 21.2. The Morgan fingerprint density at radius 1 is 0.682 bits per heavy atom. The molecule has 2 atom stereocenters. The number of carbonyl (C=O) groups is 4. The standard InChI is InChI=1S/C31H41N5O8/c1-14-10-18(33)24(20(22(14)35)26(37)41-8-6-15-12-30(15,2)3)43-28(39)29(40)44-25-19(34)11-17(32)23(36)21(25)27(38)42-9-7-16-13-31(16,4)5/h10-11,15-16H,6-9,12-13,32-36H2,1-5H3. The summed E-state index contributed by atoms with van der Waals surface area (Å²) in [6, 6.07) is 2.55. The lowest BCUT2D eigenvalue weighted by Gasteiger charge is -2.17. The highest BCUT2D eigenvalue weighted by Gasteiger charge is 2.45. The van der Waals surface area contributed by atoms with Crippen LogP contribution in [-0.4, -0.2) is 37.1 Å². The van der Waals surface area contributed by atoms with Gasteiger partial charge in [0.2, 0.25) is 0 Å². The van der Waals surface area contributed by atoms with Gasteiger partial charge in [-0.3, -0.25) is 0 Å². The summed E-state index contributed by atoms with van der Waals surface area (Å²) in [5.74, 6) is -5.17. The Bertz CT molecular complexity index is 1420. The van der Waals surface area contributed by atoms with E-state index >= 15 is 0 Å². The second-order valence-corrected chi connectivity index (χ2v) is 13.0. The zero-order valence-electron chi connectivity index (χ0n) is 25.7. The van der Waals surface area contributed by atoms with Gasteiger partial charge in [0.05, 0.1) is 41.7 Å². The predicted octanol–water partition coefficient (Wildman–Crippen LogP) is 3.60. The normalized spacial score (nSPS) is 19.0. The Hall–Kier alpha value is -4.68. The van der Waals surface area contributed by atoms with E-state index in [1.54, 1.807) is 6.92 Å². The van der Waals surface area contributed by atoms with Crippen LogP contribution in [0.25, 0.3) is 0 Å². The summed E-state index contributed by atoms with van der Waals surface area (Å²) in [4.78, 5) is 51.9. The largest absolute Gasteiger partial charge is 0.462 e. The summed E-state index contributed by atoms with van der Waals surface area (Å²) in [5, 5.41) is 0. The molecule has 2 aliphatic rings. The lowest BCUT2D eigenvalue weighted by Crippen LogP contribution is -2.28. The van der Waals surface area contributed by atoms with Crippen molar-refractivity contribution < 1.29 is 38.1 Å². The van der Waals surface area contributed by atoms with Crippen molar-refractivity contribution in [3.05, 3.63) is 28.8 Å². The number of hydrogen-bond donors (Lipinski definition) is 5. The second kappa shape index (κ2) is 11.8. The lowest BCUT2D eigenvalue weighted by atomic mass is 10.1. The van der Waals surface area contributed by atoms with E-state index in [1.807, 2.05) is 0 Å². The summed E-state index contributed by atoms with van der Waals surface area (Å²) in [6.45, 7) is 10.3. The average molecular weight is 612 g/mol. The van der Waals surface area contributed by atoms with Crippen LogP contribution >= 0.6 is 0 Å². The van der Waals surface area contributed by atoms with Gasteiger partial charge in [-0.25, -0.2) is 19.2 Å². The van der Waals surface area contributed by atoms with Crippen LogP contribution in [0.15, 0.2) is 12.1 Å². The first-order chi connectivity index (χ1) is 20.4. The molecule has 0 aliphatic heterocycles. The molecular weight excluding hydrogens is 570 g/mol. The van der Waals surface area contributed by atoms with Crippen molar-refractivity contribution in [1.29, 1.82) is 0 Å². The molecule has 0 bridgehead atoms. The summed E-state index contributed by atoms with van der Waals surface area (Å²) in [7, 11) is 0. The average Bonchev–Trinajstić information content (AvgIpc) is 3.76. The van der Waals surface area contributed by atoms with Gasteiger partial charge < -0.3 is 47.6 Å². The fraction of sp³-hybridized carbons (Fsp3) is 0.484. The van der Waals surface area contributed by atoms with Gasteiger partial charge in [-0.2, -0.15) is 0 Å². The van der Waals surface area contributed by atoms with Crippen LogP contribution < -0.4 is 38.1 Å². The molecule has 0 radical (unpaired) electrons. The van der Waals surface area contributed by atoms with Crippen LogP contribution in [0.3, 0.4) is 0 Å². The third kappa shape index (κ3) is 6.76. The molecule has 0 aromatic heterocycles. The van der Waals surface area contributed by atoms with E-state index in [9.17, 15) is 19.2 Å². The van der Waals surface area contributed by atoms with Gasteiger partial charge in [0.1, 0.15) is 11.1 Å². The van der Waals surface area contributed by atoms with Crippen LogP contribution in [0.2, 0.25) is 0 Å². The van der Waals surface area contributed by atoms with Crippen LogP contribution in [0.5, 0.6) is 11.5 Å². The zero-order valence-corrected chi connectivity index (χ0v) is 25.7. The Balaban J connectivity index is 1.50. The van der Waals surface area contributed by atoms with E-state index in [4.69, 9.17) is 47.6 Å². The number of rotatable bonds is 10. The number of carbonyl (C=O) groups excluding carboxylic acids is 4. The van der Waals surface area contributed by atoms with Crippen molar-refractivity contribution in [1.82, 2.24) is 0 Å². The molecule has 0 heterocycles. The summed E-state index contributed by atoms with van der Waals surface area (Å²) in [6.07, 6.45) is 3.31. The Labute approximate surface area is 255 Å². The lowest BCUT2D eigenvalue weighted by molar-refractivity contribution is -0.156. The third-order valence-corrected chi connectivity index (χ3v) is 8.73. The number of anilines is 5. The van der Waals surface area contributed by atoms with E-state index in [0.29, 0.717) is 30.2 Å². The molecule has 4 rings (SSSR count). The minimum atomic E-state index is -1.59. The molecule has 13 nitrogen and oxygen atoms in total. The van der Waals surface area contributed by atoms with E-state index < -0.39 is 40.9 Å². The molecule has 0 saturated heterocycles. The number of nitrogen functional groups attached to an aromatic ring is 5. The van der Waals surface area contributed by atoms with Crippen LogP contribution in [0.1, 0.15) is 79.7 Å². The molecule has 0 amide bonds. The van der Waals surface area contributed by atoms with Gasteiger partial charge in [0.15, 0.2) is 11.5 Å². The highest BCUT2D eigenvalue weighted by atomic mass is 16.6. The number of hydrogen-bond acceptors (Lipinski definition) is 13. The first-order valence-electron chi connectivity index (χ1n) is 14.4. The number of benzene rings is 2. The van der Waals surface area contributed by atoms with Crippen LogP contribution in [-0.2, 0) is 19.1 Å². The van der Waals surface area contributed by atoms with Gasteiger partial charge in [0.25, 0.3) is 0 Å². The molecule has 0 spiro atoms. The molecule has 13 heteroatoms. The molecule has 10 N–H and O–H groups in total. The topological polar surface area (TPSA) is 235 Å². The maximum absolute atomic E-state index is 13.0. The second-order valence-electron chi connectivity index (χ2n) is 13.0.